The molecule has 0 bridgehead atoms. The highest BCUT2D eigenvalue weighted by molar-refractivity contribution is 5.88. The number of nitrogens with zero attached hydrogens (tertiary/aromatic N) is 1. The molecule has 0 aliphatic carbocycles. The molecule has 112 valence electrons. The molecule has 0 fully saturated rings. The Bertz CT molecular complexity index is 271. The van der Waals surface area contributed by atoms with Gasteiger partial charge in [0.15, 0.2) is 0 Å². The molecule has 0 rings (SSSR count). The average molecular weight is 273 g/mol. The quantitative estimate of drug-likeness (QED) is 0.152. The Kier molecular flexibility index (Phi) is 10.9. The van der Waals surface area contributed by atoms with Crippen LogP contribution in [0.15, 0.2) is 4.99 Å². The van der Waals surface area contributed by atoms with E-state index in [0.29, 0.717) is 32.3 Å². The normalized spacial score (nSPS) is 12.9. The molecular formula is C12H27N5O2. The van der Waals surface area contributed by atoms with Gasteiger partial charge in [-0.25, -0.2) is 5.84 Å². The van der Waals surface area contributed by atoms with Crippen molar-refractivity contribution in [3.05, 3.63) is 0 Å². The van der Waals surface area contributed by atoms with Gasteiger partial charge in [0, 0.05) is 26.3 Å². The Balaban J connectivity index is 4.01. The van der Waals surface area contributed by atoms with Gasteiger partial charge in [-0.05, 0) is 26.7 Å². The van der Waals surface area contributed by atoms with Gasteiger partial charge in [-0.1, -0.05) is 6.92 Å². The second-order valence-electron chi connectivity index (χ2n) is 4.08. The maximum absolute atomic E-state index is 11.7. The number of amides is 1. The van der Waals surface area contributed by atoms with E-state index in [2.05, 4.69) is 21.1 Å². The lowest BCUT2D eigenvalue weighted by atomic mass is 10.3. The molecule has 1 amide bonds. The maximum atomic E-state index is 11.7. The Morgan fingerprint density at radius 1 is 1.42 bits per heavy atom. The van der Waals surface area contributed by atoms with Crippen LogP contribution < -0.4 is 21.9 Å². The smallest absolute Gasteiger partial charge is 0.242 e. The van der Waals surface area contributed by atoms with Crippen LogP contribution in [0.4, 0.5) is 0 Å². The average Bonchev–Trinajstić information content (AvgIpc) is 2.42. The van der Waals surface area contributed by atoms with E-state index in [1.165, 1.54) is 0 Å². The fourth-order valence-corrected chi connectivity index (χ4v) is 1.31. The van der Waals surface area contributed by atoms with Gasteiger partial charge in [0.1, 0.15) is 6.04 Å². The van der Waals surface area contributed by atoms with E-state index in [-0.39, 0.29) is 11.9 Å². The van der Waals surface area contributed by atoms with Crippen LogP contribution in [-0.4, -0.2) is 44.2 Å². The minimum absolute atomic E-state index is 0.0703. The lowest BCUT2D eigenvalue weighted by Crippen LogP contribution is -2.51. The minimum Gasteiger partial charge on any atom is -0.382 e. The summed E-state index contributed by atoms with van der Waals surface area (Å²) in [6.07, 6.45) is 1.73. The van der Waals surface area contributed by atoms with Crippen molar-refractivity contribution in [2.45, 2.75) is 39.7 Å². The monoisotopic (exact) mass is 273 g/mol. The molecule has 0 aromatic rings. The van der Waals surface area contributed by atoms with Gasteiger partial charge in [-0.2, -0.15) is 0 Å². The van der Waals surface area contributed by atoms with Gasteiger partial charge < -0.3 is 15.4 Å². The van der Waals surface area contributed by atoms with Crippen LogP contribution in [0.3, 0.4) is 0 Å². The maximum Gasteiger partial charge on any atom is 0.242 e. The second-order valence-corrected chi connectivity index (χ2v) is 4.08. The Morgan fingerprint density at radius 3 is 2.74 bits per heavy atom. The summed E-state index contributed by atoms with van der Waals surface area (Å²) in [7, 11) is 0. The number of guanidine groups is 1. The zero-order chi connectivity index (χ0) is 14.5. The van der Waals surface area contributed by atoms with Crippen molar-refractivity contribution in [1.82, 2.24) is 16.1 Å². The van der Waals surface area contributed by atoms with Crippen molar-refractivity contribution >= 4 is 11.9 Å². The van der Waals surface area contributed by atoms with Gasteiger partial charge in [0.25, 0.3) is 0 Å². The van der Waals surface area contributed by atoms with E-state index in [1.54, 1.807) is 6.92 Å². The summed E-state index contributed by atoms with van der Waals surface area (Å²) in [5.41, 5.74) is 2.45. The molecule has 5 N–H and O–H groups in total. The Labute approximate surface area is 115 Å². The first-order chi connectivity index (χ1) is 9.15. The third-order valence-corrected chi connectivity index (χ3v) is 2.35. The van der Waals surface area contributed by atoms with Crippen LogP contribution in [-0.2, 0) is 9.53 Å². The third-order valence-electron chi connectivity index (χ3n) is 2.35. The number of ether oxygens (including phenoxy) is 1. The third kappa shape index (κ3) is 9.26. The highest BCUT2D eigenvalue weighted by Gasteiger charge is 2.12. The largest absolute Gasteiger partial charge is 0.382 e. The van der Waals surface area contributed by atoms with E-state index < -0.39 is 0 Å². The molecule has 7 heteroatoms. The predicted octanol–water partition coefficient (Wildman–Crippen LogP) is -0.263. The number of nitrogens with two attached hydrogens (primary N) is 1. The molecule has 7 nitrogen and oxygen atoms in total. The van der Waals surface area contributed by atoms with E-state index >= 15 is 0 Å². The van der Waals surface area contributed by atoms with Crippen molar-refractivity contribution in [1.29, 1.82) is 0 Å². The fraction of sp³-hybridized carbons (Fsp3) is 0.833. The number of rotatable bonds is 9. The zero-order valence-corrected chi connectivity index (χ0v) is 12.2. The molecule has 0 heterocycles. The summed E-state index contributed by atoms with van der Waals surface area (Å²) in [5.74, 6) is 5.70. The predicted molar refractivity (Wildman–Crippen MR) is 76.6 cm³/mol. The number of hydrogen-bond acceptors (Lipinski definition) is 4. The number of carbonyl (C=O) groups excluding carboxylic acids is 1. The number of nitrogens with one attached hydrogen (secondary N) is 3. The number of carbonyl (C=O) groups is 1. The van der Waals surface area contributed by atoms with Crippen LogP contribution in [0.2, 0.25) is 0 Å². The summed E-state index contributed by atoms with van der Waals surface area (Å²) >= 11 is 0. The van der Waals surface area contributed by atoms with Gasteiger partial charge in [-0.3, -0.25) is 15.2 Å². The molecule has 0 aliphatic heterocycles. The van der Waals surface area contributed by atoms with Crippen LogP contribution in [0.1, 0.15) is 33.6 Å². The molecular weight excluding hydrogens is 246 g/mol. The first-order valence-electron chi connectivity index (χ1n) is 6.78. The number of hydrazine groups is 1. The van der Waals surface area contributed by atoms with Crippen LogP contribution in [0, 0.1) is 0 Å². The molecule has 1 atom stereocenters. The van der Waals surface area contributed by atoms with Gasteiger partial charge in [0.05, 0.1) is 0 Å². The van der Waals surface area contributed by atoms with E-state index in [0.717, 1.165) is 12.8 Å². The van der Waals surface area contributed by atoms with Crippen LogP contribution in [0.5, 0.6) is 0 Å². The lowest BCUT2D eigenvalue weighted by molar-refractivity contribution is -0.122. The molecule has 0 aromatic heterocycles. The Morgan fingerprint density at radius 2 is 2.16 bits per heavy atom. The summed E-state index contributed by atoms with van der Waals surface area (Å²) in [4.78, 5) is 15.9. The van der Waals surface area contributed by atoms with Crippen molar-refractivity contribution < 1.29 is 9.53 Å². The van der Waals surface area contributed by atoms with E-state index in [1.807, 2.05) is 13.8 Å². The van der Waals surface area contributed by atoms with E-state index in [4.69, 9.17) is 10.6 Å². The topological polar surface area (TPSA) is 101 Å². The fourth-order valence-electron chi connectivity index (χ4n) is 1.31. The summed E-state index contributed by atoms with van der Waals surface area (Å²) in [5, 5.41) is 5.73. The standard InChI is InChI=1S/C12H27N5O2/c1-4-7-14-11(18)10(3)16-12(17-13)15-8-6-9-19-5-2/h10H,4-9,13H2,1-3H3,(H,14,18)(H2,15,16,17). The Hall–Kier alpha value is -1.34. The molecule has 19 heavy (non-hydrogen) atoms. The van der Waals surface area contributed by atoms with E-state index in [9.17, 15) is 4.79 Å². The molecule has 0 aromatic carbocycles. The van der Waals surface area contributed by atoms with Gasteiger partial charge in [-0.15, -0.1) is 0 Å². The van der Waals surface area contributed by atoms with Crippen molar-refractivity contribution in [2.24, 2.45) is 10.8 Å². The lowest BCUT2D eigenvalue weighted by Gasteiger charge is -2.16. The summed E-state index contributed by atoms with van der Waals surface area (Å²) in [6.45, 7) is 8.36. The molecule has 0 aliphatic rings. The molecule has 0 saturated heterocycles. The number of aliphatic imine (C=N–C) groups is 1. The number of hydrogen-bond donors (Lipinski definition) is 4. The summed E-state index contributed by atoms with van der Waals surface area (Å²) in [6, 6.07) is -0.381. The SMILES string of the molecule is CCCNC(=O)C(C)NC(=NCCCOCC)NN. The highest BCUT2D eigenvalue weighted by atomic mass is 16.5. The molecule has 0 saturated carbocycles. The zero-order valence-electron chi connectivity index (χ0n) is 12.2. The second kappa shape index (κ2) is 11.7. The first-order valence-corrected chi connectivity index (χ1v) is 6.78. The van der Waals surface area contributed by atoms with Crippen LogP contribution in [0.25, 0.3) is 0 Å². The molecule has 0 spiro atoms. The highest BCUT2D eigenvalue weighted by Crippen LogP contribution is 1.87. The van der Waals surface area contributed by atoms with Crippen molar-refractivity contribution in [3.63, 3.8) is 0 Å². The molecule has 0 radical (unpaired) electrons. The first kappa shape index (κ1) is 17.7. The van der Waals surface area contributed by atoms with Crippen LogP contribution >= 0.6 is 0 Å². The van der Waals surface area contributed by atoms with Gasteiger partial charge >= 0.3 is 0 Å². The molecule has 1 unspecified atom stereocenters. The van der Waals surface area contributed by atoms with Crippen molar-refractivity contribution in [3.8, 4) is 0 Å². The van der Waals surface area contributed by atoms with Gasteiger partial charge in [0.2, 0.25) is 11.9 Å². The summed E-state index contributed by atoms with van der Waals surface area (Å²) < 4.78 is 5.21. The van der Waals surface area contributed by atoms with Crippen molar-refractivity contribution in [2.75, 3.05) is 26.3 Å². The minimum atomic E-state index is -0.381.